The van der Waals surface area contributed by atoms with Crippen LogP contribution in [0.4, 0.5) is 0 Å². The van der Waals surface area contributed by atoms with Gasteiger partial charge in [-0.25, -0.2) is 0 Å². The van der Waals surface area contributed by atoms with Crippen LogP contribution in [0.3, 0.4) is 0 Å². The van der Waals surface area contributed by atoms with E-state index in [0.29, 0.717) is 19.8 Å². The molecule has 5 nitrogen and oxygen atoms in total. The fourth-order valence-corrected chi connectivity index (χ4v) is 2.71. The van der Waals surface area contributed by atoms with Gasteiger partial charge in [-0.05, 0) is 20.8 Å². The molecular weight excluding hydrogens is 241 g/mol. The second-order valence-electron chi connectivity index (χ2n) is 2.35. The van der Waals surface area contributed by atoms with Gasteiger partial charge in [-0.3, -0.25) is 4.79 Å². The molecule has 1 amide bonds. The first-order chi connectivity index (χ1) is 7.14. The van der Waals surface area contributed by atoms with Gasteiger partial charge >= 0.3 is 7.74 Å². The molecule has 0 unspecified atom stereocenters. The van der Waals surface area contributed by atoms with E-state index in [2.05, 4.69) is 4.74 Å². The summed E-state index contributed by atoms with van der Waals surface area (Å²) in [5.41, 5.74) is 0. The van der Waals surface area contributed by atoms with E-state index in [1.54, 1.807) is 20.8 Å². The van der Waals surface area contributed by atoms with E-state index in [4.69, 9.17) is 25.2 Å². The van der Waals surface area contributed by atoms with Crippen LogP contribution in [0.25, 0.3) is 0 Å². The number of halogens is 1. The van der Waals surface area contributed by atoms with Gasteiger partial charge in [-0.2, -0.15) is 4.74 Å². The second-order valence-corrected chi connectivity index (χ2v) is 4.53. The lowest BCUT2D eigenvalue weighted by Gasteiger charge is -2.21. The predicted molar refractivity (Wildman–Crippen MR) is 60.0 cm³/mol. The summed E-state index contributed by atoms with van der Waals surface area (Å²) in [5, 5.41) is 0. The van der Waals surface area contributed by atoms with E-state index in [0.717, 1.165) is 0 Å². The molecule has 0 fully saturated rings. The number of hydrogen-bond donors (Lipinski definition) is 0. The molecule has 90 valence electrons. The first-order valence-corrected chi connectivity index (χ1v) is 6.81. The van der Waals surface area contributed by atoms with Crippen LogP contribution in [0.5, 0.6) is 0 Å². The molecule has 7 heteroatoms. The van der Waals surface area contributed by atoms with Crippen LogP contribution in [-0.2, 0) is 18.4 Å². The van der Waals surface area contributed by atoms with Gasteiger partial charge in [0.2, 0.25) is 0 Å². The Morgan fingerprint density at radius 1 is 1.13 bits per heavy atom. The third-order valence-electron chi connectivity index (χ3n) is 1.23. The van der Waals surface area contributed by atoms with Crippen LogP contribution >= 0.6 is 19.3 Å². The molecule has 15 heavy (non-hydrogen) atoms. The molecule has 0 aliphatic rings. The molecular formula is C8H17ClNO4P. The number of hydrogen-bond acceptors (Lipinski definition) is 4. The Morgan fingerprint density at radius 3 is 1.80 bits per heavy atom. The van der Waals surface area contributed by atoms with Crippen molar-refractivity contribution in [3.8, 4) is 0 Å². The van der Waals surface area contributed by atoms with E-state index in [1.165, 1.54) is 0 Å². The SMILES string of the molecule is CCOP(=NC(=O)CCl)(OCC)OCC. The van der Waals surface area contributed by atoms with Gasteiger partial charge in [0.15, 0.2) is 0 Å². The Labute approximate surface area is 95.3 Å². The van der Waals surface area contributed by atoms with Crippen LogP contribution in [0.2, 0.25) is 0 Å². The Kier molecular flexibility index (Phi) is 8.29. The van der Waals surface area contributed by atoms with Crippen molar-refractivity contribution in [1.82, 2.24) is 0 Å². The minimum atomic E-state index is -2.88. The van der Waals surface area contributed by atoms with Gasteiger partial charge in [0.05, 0.1) is 19.8 Å². The second kappa shape index (κ2) is 8.25. The highest BCUT2D eigenvalue weighted by atomic mass is 35.5. The van der Waals surface area contributed by atoms with Crippen LogP contribution < -0.4 is 0 Å². The largest absolute Gasteiger partial charge is 0.363 e. The van der Waals surface area contributed by atoms with Crippen LogP contribution in [0.15, 0.2) is 4.74 Å². The Balaban J connectivity index is 4.90. The molecule has 0 aliphatic carbocycles. The molecule has 0 saturated heterocycles. The lowest BCUT2D eigenvalue weighted by Crippen LogP contribution is -2.04. The van der Waals surface area contributed by atoms with Gasteiger partial charge in [-0.1, -0.05) is 0 Å². The summed E-state index contributed by atoms with van der Waals surface area (Å²) >= 11 is 5.37. The summed E-state index contributed by atoms with van der Waals surface area (Å²) < 4.78 is 19.7. The molecule has 0 rings (SSSR count). The number of carbonyl (C=O) groups is 1. The fraction of sp³-hybridized carbons (Fsp3) is 0.875. The summed E-state index contributed by atoms with van der Waals surface area (Å²) in [6.45, 7) is 6.46. The maximum atomic E-state index is 11.1. The molecule has 0 radical (unpaired) electrons. The van der Waals surface area contributed by atoms with E-state index < -0.39 is 13.6 Å². The standard InChI is InChI=1S/C8H17ClNO4P/c1-4-12-15(13-5-2,14-6-3)10-8(11)7-9/h4-7H2,1-3H3. The highest BCUT2D eigenvalue weighted by Crippen LogP contribution is 2.53. The lowest BCUT2D eigenvalue weighted by atomic mass is 10.8. The number of alkyl halides is 1. The van der Waals surface area contributed by atoms with Crippen molar-refractivity contribution in [2.75, 3.05) is 25.7 Å². The number of amides is 1. The average molecular weight is 258 g/mol. The maximum absolute atomic E-state index is 11.1. The smallest absolute Gasteiger partial charge is 0.303 e. The van der Waals surface area contributed by atoms with E-state index in [1.807, 2.05) is 0 Å². The van der Waals surface area contributed by atoms with Crippen molar-refractivity contribution in [2.24, 2.45) is 4.74 Å². The van der Waals surface area contributed by atoms with Gasteiger partial charge < -0.3 is 13.6 Å². The van der Waals surface area contributed by atoms with Crippen LogP contribution in [-0.4, -0.2) is 31.6 Å². The summed E-state index contributed by atoms with van der Waals surface area (Å²) in [5.74, 6) is -0.685. The van der Waals surface area contributed by atoms with Crippen molar-refractivity contribution in [3.05, 3.63) is 0 Å². The lowest BCUT2D eigenvalue weighted by molar-refractivity contribution is -0.115. The molecule has 0 N–H and O–H groups in total. The van der Waals surface area contributed by atoms with Crippen molar-refractivity contribution >= 4 is 25.2 Å². The molecule has 0 aromatic rings. The van der Waals surface area contributed by atoms with Crippen LogP contribution in [0.1, 0.15) is 20.8 Å². The number of rotatable bonds is 7. The normalized spacial score (nSPS) is 11.5. The molecule has 0 aliphatic heterocycles. The summed E-state index contributed by atoms with van der Waals surface area (Å²) in [6, 6.07) is 0. The highest BCUT2D eigenvalue weighted by Gasteiger charge is 2.23. The third kappa shape index (κ3) is 5.64. The molecule has 0 bridgehead atoms. The van der Waals surface area contributed by atoms with Crippen molar-refractivity contribution in [2.45, 2.75) is 20.8 Å². The number of carbonyl (C=O) groups excluding carboxylic acids is 1. The maximum Gasteiger partial charge on any atom is 0.363 e. The first-order valence-electron chi connectivity index (χ1n) is 4.78. The van der Waals surface area contributed by atoms with Crippen LogP contribution in [0, 0.1) is 0 Å². The third-order valence-corrected chi connectivity index (χ3v) is 3.68. The Morgan fingerprint density at radius 2 is 1.53 bits per heavy atom. The Hall–Kier alpha value is 0.0700. The fourth-order valence-electron chi connectivity index (χ4n) is 0.851. The van der Waals surface area contributed by atoms with Gasteiger partial charge in [-0.15, -0.1) is 11.6 Å². The van der Waals surface area contributed by atoms with Gasteiger partial charge in [0, 0.05) is 0 Å². The number of nitrogens with zero attached hydrogens (tertiary/aromatic N) is 1. The summed E-state index contributed by atoms with van der Waals surface area (Å²) in [7, 11) is -2.88. The zero-order valence-electron chi connectivity index (χ0n) is 9.23. The molecule has 0 saturated carbocycles. The minimum Gasteiger partial charge on any atom is -0.303 e. The molecule has 0 heterocycles. The van der Waals surface area contributed by atoms with Gasteiger partial charge in [0.25, 0.3) is 5.91 Å². The monoisotopic (exact) mass is 257 g/mol. The van der Waals surface area contributed by atoms with E-state index in [-0.39, 0.29) is 5.88 Å². The average Bonchev–Trinajstić information content (AvgIpc) is 2.18. The first kappa shape index (κ1) is 15.1. The minimum absolute atomic E-state index is 0.199. The van der Waals surface area contributed by atoms with E-state index in [9.17, 15) is 4.79 Å². The van der Waals surface area contributed by atoms with Crippen molar-refractivity contribution < 1.29 is 18.4 Å². The topological polar surface area (TPSA) is 57.1 Å². The molecule has 0 aromatic heterocycles. The van der Waals surface area contributed by atoms with Crippen molar-refractivity contribution in [1.29, 1.82) is 0 Å². The molecule has 0 atom stereocenters. The Bertz CT molecular complexity index is 223. The summed E-state index contributed by atoms with van der Waals surface area (Å²) in [4.78, 5) is 11.1. The predicted octanol–water partition coefficient (Wildman–Crippen LogP) is 2.81. The zero-order valence-corrected chi connectivity index (χ0v) is 10.9. The van der Waals surface area contributed by atoms with Crippen molar-refractivity contribution in [3.63, 3.8) is 0 Å². The highest BCUT2D eigenvalue weighted by molar-refractivity contribution is 7.51. The van der Waals surface area contributed by atoms with Gasteiger partial charge in [0.1, 0.15) is 5.88 Å². The zero-order chi connectivity index (χ0) is 11.7. The van der Waals surface area contributed by atoms with E-state index >= 15 is 0 Å². The quantitative estimate of drug-likeness (QED) is 0.520. The molecule has 0 aromatic carbocycles. The molecule has 0 spiro atoms. The summed E-state index contributed by atoms with van der Waals surface area (Å²) in [6.07, 6.45) is 0.